The van der Waals surface area contributed by atoms with Crippen molar-refractivity contribution >= 4 is 22.8 Å². The topological polar surface area (TPSA) is 29.1 Å². The Bertz CT molecular complexity index is 556. The number of hydrogen-bond donors (Lipinski definition) is 1. The number of Topliss-reactive ketones (excluding diaryl/α,β-unsaturated/α-hetero) is 1. The summed E-state index contributed by atoms with van der Waals surface area (Å²) in [5, 5.41) is 3.45. The van der Waals surface area contributed by atoms with Gasteiger partial charge in [0.05, 0.1) is 6.04 Å². The number of carbonyl (C=O) groups is 1. The molecule has 0 spiro atoms. The van der Waals surface area contributed by atoms with Crippen LogP contribution in [0.15, 0.2) is 36.4 Å². The molecule has 0 amide bonds. The van der Waals surface area contributed by atoms with E-state index in [1.807, 2.05) is 42.5 Å². The number of nitrogens with one attached hydrogen (secondary N) is 1. The zero-order valence-electron chi connectivity index (χ0n) is 11.6. The van der Waals surface area contributed by atoms with Crippen LogP contribution < -0.4 is 5.32 Å². The number of benzene rings is 1. The van der Waals surface area contributed by atoms with Crippen molar-refractivity contribution in [1.82, 2.24) is 0 Å². The minimum absolute atomic E-state index is 0.188. The number of hydrogen-bond acceptors (Lipinski definition) is 3. The molecule has 2 aromatic rings. The highest BCUT2D eigenvalue weighted by Crippen LogP contribution is 2.25. The van der Waals surface area contributed by atoms with E-state index in [1.54, 1.807) is 0 Å². The highest BCUT2D eigenvalue weighted by Gasteiger charge is 2.08. The highest BCUT2D eigenvalue weighted by molar-refractivity contribution is 7.12. The molecule has 0 saturated carbocycles. The van der Waals surface area contributed by atoms with Gasteiger partial charge in [0.25, 0.3) is 0 Å². The Labute approximate surface area is 118 Å². The summed E-state index contributed by atoms with van der Waals surface area (Å²) in [5.41, 5.74) is 1.83. The number of aryl methyl sites for hydroxylation is 1. The maximum absolute atomic E-state index is 11.6. The predicted octanol–water partition coefficient (Wildman–Crippen LogP) is 4.82. The van der Waals surface area contributed by atoms with Crippen molar-refractivity contribution in [3.8, 4) is 0 Å². The Balaban J connectivity index is 2.05. The zero-order chi connectivity index (χ0) is 13.8. The lowest BCUT2D eigenvalue weighted by Crippen LogP contribution is -2.05. The molecule has 1 aromatic heterocycles. The molecule has 1 N–H and O–H groups in total. The molecule has 1 aromatic carbocycles. The molecule has 0 aliphatic carbocycles. The minimum Gasteiger partial charge on any atom is -0.378 e. The van der Waals surface area contributed by atoms with Gasteiger partial charge in [-0.15, -0.1) is 11.3 Å². The Morgan fingerprint density at radius 3 is 2.42 bits per heavy atom. The van der Waals surface area contributed by atoms with Crippen LogP contribution in [0.25, 0.3) is 0 Å². The van der Waals surface area contributed by atoms with Gasteiger partial charge in [0.1, 0.15) is 0 Å². The van der Waals surface area contributed by atoms with Crippen molar-refractivity contribution in [2.75, 3.05) is 5.32 Å². The smallest absolute Gasteiger partial charge is 0.162 e. The van der Waals surface area contributed by atoms with Crippen LogP contribution in [0.3, 0.4) is 0 Å². The monoisotopic (exact) mass is 273 g/mol. The van der Waals surface area contributed by atoms with Crippen molar-refractivity contribution in [2.45, 2.75) is 33.2 Å². The summed E-state index contributed by atoms with van der Waals surface area (Å²) >= 11 is 1.81. The first-order valence-corrected chi connectivity index (χ1v) is 7.38. The van der Waals surface area contributed by atoms with E-state index in [0.29, 0.717) is 6.42 Å². The van der Waals surface area contributed by atoms with Crippen LogP contribution in [0, 0.1) is 6.92 Å². The van der Waals surface area contributed by atoms with Crippen LogP contribution in [-0.4, -0.2) is 5.78 Å². The van der Waals surface area contributed by atoms with Crippen LogP contribution in [-0.2, 0) is 0 Å². The average molecular weight is 273 g/mol. The SMILES string of the molecule is CCC(=O)c1ccc(NC(C)c2ccc(C)s2)cc1. The first kappa shape index (κ1) is 13.8. The molecule has 1 atom stereocenters. The molecule has 1 heterocycles. The van der Waals surface area contributed by atoms with Gasteiger partial charge in [-0.25, -0.2) is 0 Å². The fourth-order valence-electron chi connectivity index (χ4n) is 1.96. The fourth-order valence-corrected chi connectivity index (χ4v) is 2.84. The van der Waals surface area contributed by atoms with Crippen molar-refractivity contribution in [1.29, 1.82) is 0 Å². The van der Waals surface area contributed by atoms with E-state index in [-0.39, 0.29) is 11.8 Å². The van der Waals surface area contributed by atoms with E-state index in [1.165, 1.54) is 9.75 Å². The molecule has 1 unspecified atom stereocenters. The van der Waals surface area contributed by atoms with Crippen molar-refractivity contribution in [3.63, 3.8) is 0 Å². The van der Waals surface area contributed by atoms with Crippen LogP contribution in [0.2, 0.25) is 0 Å². The fraction of sp³-hybridized carbons (Fsp3) is 0.312. The lowest BCUT2D eigenvalue weighted by molar-refractivity contribution is 0.0988. The molecule has 100 valence electrons. The highest BCUT2D eigenvalue weighted by atomic mass is 32.1. The van der Waals surface area contributed by atoms with Crippen molar-refractivity contribution in [3.05, 3.63) is 51.7 Å². The summed E-state index contributed by atoms with van der Waals surface area (Å²) in [6.07, 6.45) is 0.553. The second kappa shape index (κ2) is 6.02. The van der Waals surface area contributed by atoms with Crippen LogP contribution in [0.4, 0.5) is 5.69 Å². The molecule has 19 heavy (non-hydrogen) atoms. The van der Waals surface area contributed by atoms with Crippen LogP contribution in [0.1, 0.15) is 46.4 Å². The summed E-state index contributed by atoms with van der Waals surface area (Å²) in [6, 6.07) is 12.3. The third kappa shape index (κ3) is 3.44. The van der Waals surface area contributed by atoms with E-state index < -0.39 is 0 Å². The number of carbonyl (C=O) groups excluding carboxylic acids is 1. The molecule has 2 nitrogen and oxygen atoms in total. The summed E-state index contributed by atoms with van der Waals surface area (Å²) in [5.74, 6) is 0.188. The third-order valence-corrected chi connectivity index (χ3v) is 4.28. The Hall–Kier alpha value is -1.61. The maximum atomic E-state index is 11.6. The maximum Gasteiger partial charge on any atom is 0.162 e. The number of ketones is 1. The quantitative estimate of drug-likeness (QED) is 0.791. The Kier molecular flexibility index (Phi) is 4.38. The summed E-state index contributed by atoms with van der Waals surface area (Å²) < 4.78 is 0. The molecule has 0 saturated heterocycles. The van der Waals surface area contributed by atoms with Gasteiger partial charge in [0.15, 0.2) is 5.78 Å². The summed E-state index contributed by atoms with van der Waals surface area (Å²) in [6.45, 7) is 6.15. The molecule has 2 rings (SSSR count). The summed E-state index contributed by atoms with van der Waals surface area (Å²) in [7, 11) is 0. The molecule has 0 aliphatic rings. The molecule has 0 radical (unpaired) electrons. The first-order valence-electron chi connectivity index (χ1n) is 6.56. The normalized spacial score (nSPS) is 12.2. The van der Waals surface area contributed by atoms with Gasteiger partial charge in [0.2, 0.25) is 0 Å². The lowest BCUT2D eigenvalue weighted by Gasteiger charge is -2.14. The van der Waals surface area contributed by atoms with Crippen LogP contribution >= 0.6 is 11.3 Å². The Morgan fingerprint density at radius 2 is 1.89 bits per heavy atom. The van der Waals surface area contributed by atoms with E-state index in [9.17, 15) is 4.79 Å². The number of rotatable bonds is 5. The Morgan fingerprint density at radius 1 is 1.21 bits per heavy atom. The van der Waals surface area contributed by atoms with E-state index in [2.05, 4.69) is 31.3 Å². The zero-order valence-corrected chi connectivity index (χ0v) is 12.4. The third-order valence-electron chi connectivity index (χ3n) is 3.10. The van der Waals surface area contributed by atoms with Gasteiger partial charge in [0, 0.05) is 27.4 Å². The van der Waals surface area contributed by atoms with Crippen molar-refractivity contribution < 1.29 is 4.79 Å². The summed E-state index contributed by atoms with van der Waals surface area (Å²) in [4.78, 5) is 14.2. The van der Waals surface area contributed by atoms with Gasteiger partial charge in [-0.05, 0) is 50.2 Å². The second-order valence-electron chi connectivity index (χ2n) is 4.67. The van der Waals surface area contributed by atoms with E-state index in [0.717, 1.165) is 11.3 Å². The van der Waals surface area contributed by atoms with Gasteiger partial charge >= 0.3 is 0 Å². The molecule has 3 heteroatoms. The standard InChI is InChI=1S/C16H19NOS/c1-4-15(18)13-6-8-14(9-7-13)17-12(3)16-10-5-11(2)19-16/h5-10,12,17H,4H2,1-3H3. The number of anilines is 1. The van der Waals surface area contributed by atoms with Gasteiger partial charge in [-0.3, -0.25) is 4.79 Å². The predicted molar refractivity (Wildman–Crippen MR) is 82.2 cm³/mol. The largest absolute Gasteiger partial charge is 0.378 e. The average Bonchev–Trinajstić information content (AvgIpc) is 2.85. The van der Waals surface area contributed by atoms with E-state index >= 15 is 0 Å². The van der Waals surface area contributed by atoms with E-state index in [4.69, 9.17) is 0 Å². The number of thiophene rings is 1. The minimum atomic E-state index is 0.188. The van der Waals surface area contributed by atoms with Gasteiger partial charge < -0.3 is 5.32 Å². The second-order valence-corrected chi connectivity index (χ2v) is 5.99. The van der Waals surface area contributed by atoms with Gasteiger partial charge in [-0.1, -0.05) is 6.92 Å². The first-order chi connectivity index (χ1) is 9.10. The van der Waals surface area contributed by atoms with Crippen LogP contribution in [0.5, 0.6) is 0 Å². The van der Waals surface area contributed by atoms with Crippen molar-refractivity contribution in [2.24, 2.45) is 0 Å². The molecular weight excluding hydrogens is 254 g/mol. The molecule has 0 aliphatic heterocycles. The molecule has 0 bridgehead atoms. The molecular formula is C16H19NOS. The van der Waals surface area contributed by atoms with Gasteiger partial charge in [-0.2, -0.15) is 0 Å². The molecule has 0 fully saturated rings. The lowest BCUT2D eigenvalue weighted by atomic mass is 10.1.